The molecule has 6 rings (SSSR count). The number of carbonyl (C=O) groups excluding carboxylic acids is 1. The lowest BCUT2D eigenvalue weighted by atomic mass is 9.97. The van der Waals surface area contributed by atoms with Crippen molar-refractivity contribution in [3.05, 3.63) is 77.1 Å². The van der Waals surface area contributed by atoms with Gasteiger partial charge < -0.3 is 18.8 Å². The minimum absolute atomic E-state index is 0.0141. The zero-order chi connectivity index (χ0) is 28.7. The van der Waals surface area contributed by atoms with E-state index in [0.717, 1.165) is 26.9 Å². The molecule has 190 valence electrons. The topological polar surface area (TPSA) is 64.4 Å². The number of hydrogen-bond acceptors (Lipinski definition) is 4. The highest BCUT2D eigenvalue weighted by atomic mass is 31.2. The molecule has 9 heteroatoms. The number of imidazole rings is 1. The highest BCUT2D eigenvalue weighted by Crippen LogP contribution is 2.50. The third-order valence-electron chi connectivity index (χ3n) is 7.26. The number of alkyl halides is 2. The number of hydrogen-bond donors (Lipinski definition) is 0. The van der Waals surface area contributed by atoms with Crippen molar-refractivity contribution in [2.45, 2.75) is 32.0 Å². The minimum atomic E-state index is -3.13. The van der Waals surface area contributed by atoms with Crippen molar-refractivity contribution in [1.29, 1.82) is 0 Å². The molecular weight excluding hydrogens is 495 g/mol. The summed E-state index contributed by atoms with van der Waals surface area (Å²) in [5.41, 5.74) is 4.15. The predicted octanol–water partition coefficient (Wildman–Crippen LogP) is 5.98. The second-order valence-electron chi connectivity index (χ2n) is 9.93. The van der Waals surface area contributed by atoms with Gasteiger partial charge in [0.25, 0.3) is 5.91 Å². The van der Waals surface area contributed by atoms with E-state index in [0.29, 0.717) is 16.9 Å². The fourth-order valence-corrected chi connectivity index (χ4v) is 7.07. The molecule has 0 N–H and O–H groups in total. The lowest BCUT2D eigenvalue weighted by molar-refractivity contribution is -0.0507. The summed E-state index contributed by atoms with van der Waals surface area (Å²) in [6.07, 6.45) is 0.152. The zero-order valence-electron chi connectivity index (χ0n) is 23.4. The van der Waals surface area contributed by atoms with Crippen molar-refractivity contribution in [1.82, 2.24) is 14.5 Å². The number of aryl methyl sites for hydroxylation is 1. The third kappa shape index (κ3) is 3.69. The summed E-state index contributed by atoms with van der Waals surface area (Å²) in [6, 6.07) is 14.1. The van der Waals surface area contributed by atoms with E-state index in [4.69, 9.17) is 13.8 Å². The number of benzene rings is 3. The molecule has 0 spiro atoms. The number of ether oxygens (including phenoxy) is 1. The van der Waals surface area contributed by atoms with Gasteiger partial charge >= 0.3 is 6.61 Å². The maximum absolute atomic E-state index is 13.6. The molecule has 0 aliphatic carbocycles. The summed E-state index contributed by atoms with van der Waals surface area (Å²) in [6.45, 7) is -0.535. The van der Waals surface area contributed by atoms with Gasteiger partial charge in [0.05, 0.1) is 23.1 Å². The maximum Gasteiger partial charge on any atom is 0.387 e. The summed E-state index contributed by atoms with van der Waals surface area (Å²) >= 11 is 0. The molecule has 1 aromatic heterocycles. The Kier molecular flexibility index (Phi) is 4.58. The molecule has 6 nitrogen and oxygen atoms in total. The Morgan fingerprint density at radius 3 is 2.57 bits per heavy atom. The molecule has 0 saturated carbocycles. The smallest absolute Gasteiger partial charge is 0.387 e. The van der Waals surface area contributed by atoms with E-state index in [1.807, 2.05) is 47.9 Å². The van der Waals surface area contributed by atoms with Crippen LogP contribution in [0.1, 0.15) is 49.9 Å². The second-order valence-corrected chi connectivity index (χ2v) is 13.1. The summed E-state index contributed by atoms with van der Waals surface area (Å²) in [7, 11) is -2.45. The molecule has 37 heavy (non-hydrogen) atoms. The number of aromatic nitrogens is 2. The van der Waals surface area contributed by atoms with Crippen LogP contribution in [0.3, 0.4) is 0 Å². The number of rotatable bonds is 4. The molecule has 0 radical (unpaired) electrons. The van der Waals surface area contributed by atoms with Crippen LogP contribution in [-0.4, -0.2) is 47.3 Å². The van der Waals surface area contributed by atoms with Gasteiger partial charge in [0.15, 0.2) is 0 Å². The van der Waals surface area contributed by atoms with Crippen molar-refractivity contribution < 1.29 is 27.0 Å². The van der Waals surface area contributed by atoms with Crippen molar-refractivity contribution in [2.24, 2.45) is 0 Å². The predicted molar refractivity (Wildman–Crippen MR) is 140 cm³/mol. The van der Waals surface area contributed by atoms with Crippen molar-refractivity contribution in [3.8, 4) is 16.9 Å². The van der Waals surface area contributed by atoms with E-state index in [1.54, 1.807) is 13.3 Å². The Balaban J connectivity index is 1.58. The highest BCUT2D eigenvalue weighted by Gasteiger charge is 2.45. The van der Waals surface area contributed by atoms with E-state index in [-0.39, 0.29) is 23.3 Å². The number of nitrogens with zero attached hydrogens (tertiary/aromatic N) is 3. The van der Waals surface area contributed by atoms with Crippen LogP contribution in [0.4, 0.5) is 8.78 Å². The molecule has 3 aromatic carbocycles. The van der Waals surface area contributed by atoms with Gasteiger partial charge in [0.1, 0.15) is 18.7 Å². The first-order valence-electron chi connectivity index (χ1n) is 13.4. The van der Waals surface area contributed by atoms with Crippen LogP contribution in [-0.2, 0) is 4.57 Å². The summed E-state index contributed by atoms with van der Waals surface area (Å²) in [5.74, 6) is -0.568. The van der Waals surface area contributed by atoms with Crippen LogP contribution in [0.5, 0.6) is 5.75 Å². The SMILES string of the molecule is [2H]C([2H])([2H])N1C(=O)c2cccc(OC(F)F)c2[C@H]2C[C@@H]1c1nc3ccc(-c4ccc(P(C)(C)=O)c(C)c4)cc3n12. The first kappa shape index (κ1) is 20.5. The molecule has 2 aliphatic rings. The van der Waals surface area contributed by atoms with Gasteiger partial charge in [-0.05, 0) is 61.2 Å². The van der Waals surface area contributed by atoms with E-state index in [2.05, 4.69) is 0 Å². The molecule has 2 aliphatic heterocycles. The first-order chi connectivity index (χ1) is 18.8. The Morgan fingerprint density at radius 1 is 1.11 bits per heavy atom. The second kappa shape index (κ2) is 8.25. The van der Waals surface area contributed by atoms with Gasteiger partial charge in [-0.2, -0.15) is 8.78 Å². The normalized spacial score (nSPS) is 20.3. The van der Waals surface area contributed by atoms with Crippen molar-refractivity contribution in [3.63, 3.8) is 0 Å². The van der Waals surface area contributed by atoms with Crippen LogP contribution in [0.25, 0.3) is 22.2 Å². The average Bonchev–Trinajstić information content (AvgIpc) is 3.35. The van der Waals surface area contributed by atoms with Crippen LogP contribution in [0.2, 0.25) is 0 Å². The molecule has 1 amide bonds. The number of amides is 1. The molecule has 2 atom stereocenters. The highest BCUT2D eigenvalue weighted by molar-refractivity contribution is 7.70. The summed E-state index contributed by atoms with van der Waals surface area (Å²) < 4.78 is 70.6. The Morgan fingerprint density at radius 2 is 1.86 bits per heavy atom. The Labute approximate surface area is 217 Å². The van der Waals surface area contributed by atoms with Gasteiger partial charge in [-0.25, -0.2) is 4.98 Å². The van der Waals surface area contributed by atoms with Crippen molar-refractivity contribution >= 4 is 29.4 Å². The van der Waals surface area contributed by atoms with Gasteiger partial charge in [-0.1, -0.05) is 30.3 Å². The summed E-state index contributed by atoms with van der Waals surface area (Å²) in [4.78, 5) is 19.1. The number of fused-ring (bicyclic) bond motifs is 9. The van der Waals surface area contributed by atoms with Gasteiger partial charge in [0, 0.05) is 33.9 Å². The Hall–Kier alpha value is -3.51. The van der Waals surface area contributed by atoms with E-state index in [1.165, 1.54) is 18.2 Å². The maximum atomic E-state index is 13.6. The number of carbonyl (C=O) groups is 1. The van der Waals surface area contributed by atoms with Gasteiger partial charge in [0.2, 0.25) is 0 Å². The molecule has 0 unspecified atom stereocenters. The van der Waals surface area contributed by atoms with E-state index < -0.39 is 38.7 Å². The van der Waals surface area contributed by atoms with E-state index in [9.17, 15) is 18.1 Å². The van der Waals surface area contributed by atoms with Crippen molar-refractivity contribution in [2.75, 3.05) is 20.3 Å². The quantitative estimate of drug-likeness (QED) is 0.308. The standard InChI is InChI=1S/C28H26F2N3O3P/c1-15-12-16(9-11-24(15)37(3,4)35)17-8-10-19-20(13-17)33-21-14-22(26(33)31-19)32(2)27(34)18-6-5-7-23(25(18)21)36-28(29)30/h5-13,21-22,28H,14H2,1-4H3/t21-,22-/m1/s1/i2D3. The van der Waals surface area contributed by atoms with Crippen LogP contribution in [0.15, 0.2) is 54.6 Å². The lowest BCUT2D eigenvalue weighted by Gasteiger charge is -2.24. The molecule has 0 fully saturated rings. The van der Waals surface area contributed by atoms with Gasteiger partial charge in [-0.3, -0.25) is 4.79 Å². The van der Waals surface area contributed by atoms with Crippen LogP contribution >= 0.6 is 7.14 Å². The first-order valence-corrected chi connectivity index (χ1v) is 14.5. The molecular formula is C28H26F2N3O3P. The van der Waals surface area contributed by atoms with Gasteiger partial charge in [-0.15, -0.1) is 0 Å². The minimum Gasteiger partial charge on any atom is -0.434 e. The molecule has 4 aromatic rings. The lowest BCUT2D eigenvalue weighted by Crippen LogP contribution is -2.30. The average molecular weight is 525 g/mol. The summed E-state index contributed by atoms with van der Waals surface area (Å²) in [5, 5.41) is 0.810. The fourth-order valence-electron chi connectivity index (χ4n) is 5.73. The third-order valence-corrected chi connectivity index (χ3v) is 8.92. The zero-order valence-corrected chi connectivity index (χ0v) is 21.3. The fraction of sp³-hybridized carbons (Fsp3) is 0.286. The largest absolute Gasteiger partial charge is 0.434 e. The van der Waals surface area contributed by atoms with E-state index >= 15 is 0 Å². The monoisotopic (exact) mass is 524 g/mol. The van der Waals surface area contributed by atoms with Crippen LogP contribution < -0.4 is 10.0 Å². The molecule has 0 saturated heterocycles. The van der Waals surface area contributed by atoms with Crippen LogP contribution in [0, 0.1) is 6.92 Å². The molecule has 2 bridgehead atoms. The number of halogens is 2. The Bertz CT molecular complexity index is 1750. The molecule has 3 heterocycles.